The summed E-state index contributed by atoms with van der Waals surface area (Å²) >= 11 is 1.40. The summed E-state index contributed by atoms with van der Waals surface area (Å²) < 4.78 is 8.17. The number of aromatic nitrogens is 1. The van der Waals surface area contributed by atoms with Gasteiger partial charge in [0.05, 0.1) is 28.0 Å². The molecular weight excluding hydrogens is 402 g/mol. The van der Waals surface area contributed by atoms with Crippen LogP contribution in [0.1, 0.15) is 31.8 Å². The molecular formula is C22H21N3O4S. The van der Waals surface area contributed by atoms with Crippen molar-refractivity contribution in [2.45, 2.75) is 20.4 Å². The molecule has 0 spiro atoms. The summed E-state index contributed by atoms with van der Waals surface area (Å²) in [5.74, 6) is -1.47. The normalized spacial score (nSPS) is 14.1. The molecule has 0 bridgehead atoms. The number of nitrogens with zero attached hydrogens (tertiary/aromatic N) is 3. The second-order valence-corrected chi connectivity index (χ2v) is 8.19. The average Bonchev–Trinajstić information content (AvgIpc) is 3.16. The molecule has 0 aliphatic carbocycles. The highest BCUT2D eigenvalue weighted by molar-refractivity contribution is 7.16. The van der Waals surface area contributed by atoms with Crippen molar-refractivity contribution in [2.24, 2.45) is 4.99 Å². The highest BCUT2D eigenvalue weighted by Gasteiger charge is 2.36. The number of thiazole rings is 1. The molecule has 7 nitrogen and oxygen atoms in total. The van der Waals surface area contributed by atoms with Gasteiger partial charge in [-0.1, -0.05) is 23.5 Å². The molecule has 4 rings (SSSR count). The van der Waals surface area contributed by atoms with E-state index in [0.717, 1.165) is 26.2 Å². The molecule has 0 radical (unpaired) electrons. The third-order valence-electron chi connectivity index (χ3n) is 5.21. The van der Waals surface area contributed by atoms with Crippen molar-refractivity contribution in [3.63, 3.8) is 0 Å². The highest BCUT2D eigenvalue weighted by Crippen LogP contribution is 2.23. The van der Waals surface area contributed by atoms with E-state index in [2.05, 4.69) is 17.1 Å². The summed E-state index contributed by atoms with van der Waals surface area (Å²) in [6.45, 7) is 4.70. The fourth-order valence-corrected chi connectivity index (χ4v) is 4.62. The monoisotopic (exact) mass is 423 g/mol. The zero-order valence-electron chi connectivity index (χ0n) is 17.0. The second kappa shape index (κ2) is 7.97. The molecule has 2 heterocycles. The first-order valence-corrected chi connectivity index (χ1v) is 10.3. The summed E-state index contributed by atoms with van der Waals surface area (Å²) in [5.41, 5.74) is 3.92. The van der Waals surface area contributed by atoms with Crippen LogP contribution < -0.4 is 4.80 Å². The third kappa shape index (κ3) is 3.48. The van der Waals surface area contributed by atoms with E-state index < -0.39 is 17.7 Å². The Bertz CT molecular complexity index is 1220. The van der Waals surface area contributed by atoms with E-state index in [9.17, 15) is 14.4 Å². The number of amides is 3. The van der Waals surface area contributed by atoms with Gasteiger partial charge in [-0.25, -0.2) is 0 Å². The van der Waals surface area contributed by atoms with Crippen LogP contribution in [0.3, 0.4) is 0 Å². The Kier molecular flexibility index (Phi) is 5.36. The van der Waals surface area contributed by atoms with Crippen LogP contribution in [-0.4, -0.2) is 47.4 Å². The van der Waals surface area contributed by atoms with E-state index in [-0.39, 0.29) is 6.54 Å². The van der Waals surface area contributed by atoms with Crippen molar-refractivity contribution in [1.82, 2.24) is 9.47 Å². The maximum Gasteiger partial charge on any atom is 0.268 e. The molecule has 0 unspecified atom stereocenters. The van der Waals surface area contributed by atoms with Gasteiger partial charge in [-0.3, -0.25) is 19.3 Å². The average molecular weight is 423 g/mol. The van der Waals surface area contributed by atoms with Gasteiger partial charge in [-0.2, -0.15) is 4.99 Å². The minimum Gasteiger partial charge on any atom is -0.383 e. The Morgan fingerprint density at radius 1 is 1.07 bits per heavy atom. The van der Waals surface area contributed by atoms with Gasteiger partial charge in [0.1, 0.15) is 6.54 Å². The molecule has 0 saturated carbocycles. The first-order valence-electron chi connectivity index (χ1n) is 9.53. The van der Waals surface area contributed by atoms with Gasteiger partial charge < -0.3 is 9.30 Å². The number of benzene rings is 2. The summed E-state index contributed by atoms with van der Waals surface area (Å²) in [5, 5.41) is 0. The Balaban J connectivity index is 1.68. The number of hydrogen-bond acceptors (Lipinski definition) is 5. The molecule has 8 heteroatoms. The lowest BCUT2D eigenvalue weighted by Crippen LogP contribution is -2.35. The van der Waals surface area contributed by atoms with Crippen molar-refractivity contribution in [1.29, 1.82) is 0 Å². The van der Waals surface area contributed by atoms with Crippen LogP contribution in [0.15, 0.2) is 41.4 Å². The van der Waals surface area contributed by atoms with Gasteiger partial charge in [0.2, 0.25) is 0 Å². The van der Waals surface area contributed by atoms with Crippen LogP contribution in [0.25, 0.3) is 10.2 Å². The van der Waals surface area contributed by atoms with Gasteiger partial charge in [0, 0.05) is 13.7 Å². The van der Waals surface area contributed by atoms with E-state index in [0.29, 0.717) is 29.1 Å². The maximum absolute atomic E-state index is 12.7. The van der Waals surface area contributed by atoms with E-state index in [1.165, 1.54) is 11.3 Å². The Labute approximate surface area is 177 Å². The van der Waals surface area contributed by atoms with Crippen molar-refractivity contribution >= 4 is 39.3 Å². The van der Waals surface area contributed by atoms with E-state index >= 15 is 0 Å². The molecule has 1 aromatic heterocycles. The quantitative estimate of drug-likeness (QED) is 0.591. The lowest BCUT2D eigenvalue weighted by atomic mass is 10.1. The predicted octanol–water partition coefficient (Wildman–Crippen LogP) is 2.69. The number of carbonyl (C=O) groups excluding carboxylic acids is 3. The number of rotatable bonds is 5. The van der Waals surface area contributed by atoms with Gasteiger partial charge >= 0.3 is 0 Å². The molecule has 3 amide bonds. The molecule has 0 fully saturated rings. The fourth-order valence-electron chi connectivity index (χ4n) is 3.47. The third-order valence-corrected chi connectivity index (χ3v) is 6.25. The number of imide groups is 1. The van der Waals surface area contributed by atoms with Gasteiger partial charge in [0.25, 0.3) is 17.7 Å². The fraction of sp³-hybridized carbons (Fsp3) is 0.273. The van der Waals surface area contributed by atoms with Crippen LogP contribution in [-0.2, 0) is 16.1 Å². The van der Waals surface area contributed by atoms with Crippen LogP contribution in [0, 0.1) is 13.8 Å². The van der Waals surface area contributed by atoms with Gasteiger partial charge in [-0.05, 0) is 49.2 Å². The Morgan fingerprint density at radius 3 is 2.33 bits per heavy atom. The van der Waals surface area contributed by atoms with Crippen molar-refractivity contribution in [3.05, 3.63) is 63.5 Å². The lowest BCUT2D eigenvalue weighted by molar-refractivity contribution is -0.118. The molecule has 30 heavy (non-hydrogen) atoms. The summed E-state index contributed by atoms with van der Waals surface area (Å²) in [7, 11) is 1.62. The predicted molar refractivity (Wildman–Crippen MR) is 114 cm³/mol. The summed E-state index contributed by atoms with van der Waals surface area (Å²) in [6.07, 6.45) is 0. The molecule has 0 N–H and O–H groups in total. The van der Waals surface area contributed by atoms with Crippen LogP contribution in [0.2, 0.25) is 0 Å². The van der Waals surface area contributed by atoms with Crippen LogP contribution in [0.5, 0.6) is 0 Å². The largest absolute Gasteiger partial charge is 0.383 e. The molecule has 2 aromatic carbocycles. The number of aryl methyl sites for hydroxylation is 2. The zero-order chi connectivity index (χ0) is 21.4. The van der Waals surface area contributed by atoms with Gasteiger partial charge in [0.15, 0.2) is 4.80 Å². The van der Waals surface area contributed by atoms with Crippen molar-refractivity contribution in [2.75, 3.05) is 20.3 Å². The minimum absolute atomic E-state index is 0.318. The number of ether oxygens (including phenoxy) is 1. The van der Waals surface area contributed by atoms with E-state index in [1.54, 1.807) is 31.4 Å². The molecule has 1 aliphatic heterocycles. The number of fused-ring (bicyclic) bond motifs is 2. The number of carbonyl (C=O) groups is 3. The zero-order valence-corrected chi connectivity index (χ0v) is 17.8. The van der Waals surface area contributed by atoms with E-state index in [4.69, 9.17) is 4.74 Å². The second-order valence-electron chi connectivity index (χ2n) is 7.18. The molecule has 0 saturated heterocycles. The Hall–Kier alpha value is -3.10. The van der Waals surface area contributed by atoms with Gasteiger partial charge in [-0.15, -0.1) is 0 Å². The SMILES string of the molecule is COCCn1c(=NC(=O)CN2C(=O)c3ccccc3C2=O)sc2cc(C)c(C)cc21. The Morgan fingerprint density at radius 2 is 1.70 bits per heavy atom. The molecule has 3 aromatic rings. The summed E-state index contributed by atoms with van der Waals surface area (Å²) in [4.78, 5) is 43.4. The molecule has 154 valence electrons. The minimum atomic E-state index is -0.546. The summed E-state index contributed by atoms with van der Waals surface area (Å²) in [6, 6.07) is 10.7. The maximum atomic E-state index is 12.7. The smallest absolute Gasteiger partial charge is 0.268 e. The number of hydrogen-bond donors (Lipinski definition) is 0. The topological polar surface area (TPSA) is 81.0 Å². The van der Waals surface area contributed by atoms with Crippen LogP contribution >= 0.6 is 11.3 Å². The van der Waals surface area contributed by atoms with Crippen molar-refractivity contribution < 1.29 is 19.1 Å². The first-order chi connectivity index (χ1) is 14.4. The van der Waals surface area contributed by atoms with Crippen molar-refractivity contribution in [3.8, 4) is 0 Å². The number of methoxy groups -OCH3 is 1. The first kappa shape index (κ1) is 20.2. The lowest BCUT2D eigenvalue weighted by Gasteiger charge is -2.10. The highest BCUT2D eigenvalue weighted by atomic mass is 32.1. The van der Waals surface area contributed by atoms with E-state index in [1.807, 2.05) is 18.4 Å². The molecule has 1 aliphatic rings. The van der Waals surface area contributed by atoms with Crippen LogP contribution in [0.4, 0.5) is 0 Å². The molecule has 0 atom stereocenters. The standard InChI is InChI=1S/C22H21N3O4S/c1-13-10-17-18(11-14(13)2)30-22(24(17)8-9-29-3)23-19(26)12-25-20(27)15-6-4-5-7-16(15)21(25)28/h4-7,10-11H,8-9,12H2,1-3H3.